The van der Waals surface area contributed by atoms with Crippen LogP contribution in [-0.4, -0.2) is 0 Å². The molecule has 0 aliphatic heterocycles. The molecule has 1 heteroatoms. The number of aryl methyl sites for hydroxylation is 1. The maximum Gasteiger partial charge on any atom is 0.0493 e. The summed E-state index contributed by atoms with van der Waals surface area (Å²) < 4.78 is 0. The maximum atomic E-state index is 2.38. The molecule has 6 rings (SSSR count). The van der Waals surface area contributed by atoms with Gasteiger partial charge >= 0.3 is 0 Å². The van der Waals surface area contributed by atoms with E-state index in [1.54, 1.807) is 0 Å². The second-order valence-corrected chi connectivity index (χ2v) is 9.30. The molecule has 170 valence electrons. The van der Waals surface area contributed by atoms with Crippen LogP contribution in [0.4, 0.5) is 17.1 Å². The molecule has 0 atom stereocenters. The van der Waals surface area contributed by atoms with Crippen molar-refractivity contribution in [2.45, 2.75) is 26.2 Å². The monoisotopic (exact) mass is 451 g/mol. The standard InChI is InChI=1S/C34H29N/c1-2-10-26-11-7-9-16-34(26)35(30-13-4-3-5-14-30)31-21-19-25(20-22-31)27-17-18-29-23-28-12-6-8-15-32(28)33(29)24-27/h3-9,11-22,24H,2,10,23H2,1H3. The normalized spacial score (nSPS) is 11.7. The van der Waals surface area contributed by atoms with Crippen LogP contribution in [0, 0.1) is 0 Å². The van der Waals surface area contributed by atoms with Gasteiger partial charge in [0.1, 0.15) is 0 Å². The Morgan fingerprint density at radius 3 is 2.06 bits per heavy atom. The lowest BCUT2D eigenvalue weighted by Gasteiger charge is -2.28. The number of fused-ring (bicyclic) bond motifs is 3. The van der Waals surface area contributed by atoms with Gasteiger partial charge in [-0.2, -0.15) is 0 Å². The Bertz CT molecular complexity index is 1460. The first-order chi connectivity index (χ1) is 17.3. The average molecular weight is 452 g/mol. The summed E-state index contributed by atoms with van der Waals surface area (Å²) in [6.07, 6.45) is 3.22. The number of benzene rings is 5. The van der Waals surface area contributed by atoms with E-state index in [0.717, 1.165) is 19.3 Å². The van der Waals surface area contributed by atoms with Gasteiger partial charge in [0, 0.05) is 17.1 Å². The molecule has 5 aromatic carbocycles. The van der Waals surface area contributed by atoms with Gasteiger partial charge in [0.05, 0.1) is 0 Å². The molecule has 0 heterocycles. The molecule has 0 saturated heterocycles. The molecule has 5 aromatic rings. The van der Waals surface area contributed by atoms with Crippen LogP contribution in [0.5, 0.6) is 0 Å². The van der Waals surface area contributed by atoms with Gasteiger partial charge in [-0.05, 0) is 88.2 Å². The highest BCUT2D eigenvalue weighted by molar-refractivity contribution is 5.83. The van der Waals surface area contributed by atoms with Gasteiger partial charge in [-0.1, -0.05) is 98.3 Å². The summed E-state index contributed by atoms with van der Waals surface area (Å²) in [5.41, 5.74) is 13.1. The summed E-state index contributed by atoms with van der Waals surface area (Å²) in [4.78, 5) is 2.38. The summed E-state index contributed by atoms with van der Waals surface area (Å²) in [6, 6.07) is 44.2. The number of anilines is 3. The molecule has 0 aromatic heterocycles. The minimum Gasteiger partial charge on any atom is -0.310 e. The summed E-state index contributed by atoms with van der Waals surface area (Å²) in [7, 11) is 0. The van der Waals surface area contributed by atoms with Crippen molar-refractivity contribution < 1.29 is 0 Å². The van der Waals surface area contributed by atoms with Crippen molar-refractivity contribution >= 4 is 17.1 Å². The molecule has 0 unspecified atom stereocenters. The minimum absolute atomic E-state index is 1.04. The highest BCUT2D eigenvalue weighted by atomic mass is 15.1. The first kappa shape index (κ1) is 21.4. The van der Waals surface area contributed by atoms with Crippen molar-refractivity contribution in [3.05, 3.63) is 138 Å². The van der Waals surface area contributed by atoms with Gasteiger partial charge in [-0.25, -0.2) is 0 Å². The predicted molar refractivity (Wildman–Crippen MR) is 149 cm³/mol. The van der Waals surface area contributed by atoms with Crippen LogP contribution in [0.1, 0.15) is 30.0 Å². The quantitative estimate of drug-likeness (QED) is 0.244. The van der Waals surface area contributed by atoms with Crippen LogP contribution < -0.4 is 4.90 Å². The molecule has 0 saturated carbocycles. The van der Waals surface area contributed by atoms with E-state index in [1.807, 2.05) is 0 Å². The van der Waals surface area contributed by atoms with E-state index in [2.05, 4.69) is 133 Å². The number of hydrogen-bond acceptors (Lipinski definition) is 1. The Kier molecular flexibility index (Phi) is 5.68. The Morgan fingerprint density at radius 2 is 1.23 bits per heavy atom. The third-order valence-corrected chi connectivity index (χ3v) is 7.02. The number of rotatable bonds is 6. The fourth-order valence-corrected chi connectivity index (χ4v) is 5.32. The van der Waals surface area contributed by atoms with E-state index in [4.69, 9.17) is 0 Å². The summed E-state index contributed by atoms with van der Waals surface area (Å²) in [5.74, 6) is 0. The summed E-state index contributed by atoms with van der Waals surface area (Å²) in [5, 5.41) is 0. The van der Waals surface area contributed by atoms with Crippen molar-refractivity contribution in [3.8, 4) is 22.3 Å². The van der Waals surface area contributed by atoms with Crippen LogP contribution in [0.25, 0.3) is 22.3 Å². The van der Waals surface area contributed by atoms with Gasteiger partial charge < -0.3 is 4.90 Å². The molecule has 1 aliphatic carbocycles. The lowest BCUT2D eigenvalue weighted by molar-refractivity contribution is 0.919. The van der Waals surface area contributed by atoms with Crippen LogP contribution in [-0.2, 0) is 12.8 Å². The highest BCUT2D eigenvalue weighted by Crippen LogP contribution is 2.40. The minimum atomic E-state index is 1.04. The van der Waals surface area contributed by atoms with Gasteiger partial charge in [0.2, 0.25) is 0 Å². The Labute approximate surface area is 208 Å². The molecule has 0 bridgehead atoms. The predicted octanol–water partition coefficient (Wildman–Crippen LogP) is 9.35. The van der Waals surface area contributed by atoms with Gasteiger partial charge in [0.25, 0.3) is 0 Å². The maximum absolute atomic E-state index is 2.38. The van der Waals surface area contributed by atoms with Crippen molar-refractivity contribution in [2.24, 2.45) is 0 Å². The Morgan fingerprint density at radius 1 is 0.571 bits per heavy atom. The summed E-state index contributed by atoms with van der Waals surface area (Å²) >= 11 is 0. The van der Waals surface area contributed by atoms with Crippen LogP contribution in [0.2, 0.25) is 0 Å². The van der Waals surface area contributed by atoms with Crippen LogP contribution in [0.3, 0.4) is 0 Å². The van der Waals surface area contributed by atoms with E-state index in [1.165, 1.54) is 56.0 Å². The molecular formula is C34H29N. The Balaban J connectivity index is 1.39. The van der Waals surface area contributed by atoms with Gasteiger partial charge in [-0.15, -0.1) is 0 Å². The van der Waals surface area contributed by atoms with E-state index in [-0.39, 0.29) is 0 Å². The number of hydrogen-bond donors (Lipinski definition) is 0. The largest absolute Gasteiger partial charge is 0.310 e. The topological polar surface area (TPSA) is 3.24 Å². The molecule has 0 radical (unpaired) electrons. The van der Waals surface area contributed by atoms with E-state index in [9.17, 15) is 0 Å². The zero-order chi connectivity index (χ0) is 23.6. The first-order valence-corrected chi connectivity index (χ1v) is 12.6. The third kappa shape index (κ3) is 4.04. The zero-order valence-electron chi connectivity index (χ0n) is 20.1. The molecule has 0 amide bonds. The van der Waals surface area contributed by atoms with E-state index in [0.29, 0.717) is 0 Å². The van der Waals surface area contributed by atoms with Crippen molar-refractivity contribution in [1.82, 2.24) is 0 Å². The van der Waals surface area contributed by atoms with E-state index >= 15 is 0 Å². The van der Waals surface area contributed by atoms with Crippen molar-refractivity contribution in [1.29, 1.82) is 0 Å². The molecule has 1 nitrogen and oxygen atoms in total. The average Bonchev–Trinajstić information content (AvgIpc) is 3.29. The fraction of sp³-hybridized carbons (Fsp3) is 0.118. The molecule has 35 heavy (non-hydrogen) atoms. The zero-order valence-corrected chi connectivity index (χ0v) is 20.1. The van der Waals surface area contributed by atoms with Crippen LogP contribution in [0.15, 0.2) is 121 Å². The smallest absolute Gasteiger partial charge is 0.0493 e. The SMILES string of the molecule is CCCc1ccccc1N(c1ccccc1)c1ccc(-c2ccc3c(c2)-c2ccccc2C3)cc1. The molecule has 1 aliphatic rings. The molecule has 0 fully saturated rings. The van der Waals surface area contributed by atoms with Crippen molar-refractivity contribution in [3.63, 3.8) is 0 Å². The van der Waals surface area contributed by atoms with E-state index < -0.39 is 0 Å². The van der Waals surface area contributed by atoms with Gasteiger partial charge in [0.15, 0.2) is 0 Å². The first-order valence-electron chi connectivity index (χ1n) is 12.6. The molecular weight excluding hydrogens is 422 g/mol. The summed E-state index contributed by atoms with van der Waals surface area (Å²) in [6.45, 7) is 2.24. The highest BCUT2D eigenvalue weighted by Gasteiger charge is 2.19. The second kappa shape index (κ2) is 9.27. The number of para-hydroxylation sites is 2. The van der Waals surface area contributed by atoms with Crippen molar-refractivity contribution in [2.75, 3.05) is 4.90 Å². The number of nitrogens with zero attached hydrogens (tertiary/aromatic N) is 1. The lowest BCUT2D eigenvalue weighted by Crippen LogP contribution is -2.12. The molecule has 0 spiro atoms. The fourth-order valence-electron chi connectivity index (χ4n) is 5.32. The lowest BCUT2D eigenvalue weighted by atomic mass is 9.98. The Hall–Kier alpha value is -4.10. The van der Waals surface area contributed by atoms with Gasteiger partial charge in [-0.3, -0.25) is 0 Å². The van der Waals surface area contributed by atoms with Crippen LogP contribution >= 0.6 is 0 Å². The third-order valence-electron chi connectivity index (χ3n) is 7.02. The molecule has 0 N–H and O–H groups in total. The second-order valence-electron chi connectivity index (χ2n) is 9.30.